The Morgan fingerprint density at radius 2 is 1.92 bits per heavy atom. The van der Waals surface area contributed by atoms with E-state index < -0.39 is 12.0 Å². The highest BCUT2D eigenvalue weighted by Gasteiger charge is 2.14. The number of nitrogens with one attached hydrogen (secondary N) is 1. The molecule has 13 heavy (non-hydrogen) atoms. The molecule has 0 aromatic heterocycles. The van der Waals surface area contributed by atoms with Gasteiger partial charge >= 0.3 is 5.97 Å². The minimum absolute atomic E-state index is 0.106. The summed E-state index contributed by atoms with van der Waals surface area (Å²) in [5.74, 6) is -1.32. The zero-order chi connectivity index (χ0) is 10.9. The van der Waals surface area contributed by atoms with Gasteiger partial charge in [0, 0.05) is 12.7 Å². The van der Waals surface area contributed by atoms with Crippen molar-refractivity contribution in [3.63, 3.8) is 0 Å². The van der Waals surface area contributed by atoms with Gasteiger partial charge in [0.1, 0.15) is 6.04 Å². The van der Waals surface area contributed by atoms with E-state index in [0.717, 1.165) is 0 Å². The lowest BCUT2D eigenvalue weighted by molar-refractivity contribution is -0.140. The number of thiol groups is 1. The van der Waals surface area contributed by atoms with Crippen LogP contribution < -0.4 is 5.32 Å². The first-order chi connectivity index (χ1) is 5.99. The second-order valence-electron chi connectivity index (χ2n) is 2.18. The summed E-state index contributed by atoms with van der Waals surface area (Å²) in [5, 5.41) is 10.6. The number of carbonyl (C=O) groups is 2. The molecule has 0 saturated carbocycles. The number of carbonyl (C=O) groups excluding carboxylic acids is 1. The summed E-state index contributed by atoms with van der Waals surface area (Å²) in [5.41, 5.74) is 0. The van der Waals surface area contributed by atoms with Gasteiger partial charge in [-0.1, -0.05) is 0 Å². The Morgan fingerprint density at radius 3 is 2.00 bits per heavy atom. The fraction of sp³-hybridized carbons (Fsp3) is 0.714. The number of amides is 1. The van der Waals surface area contributed by atoms with Crippen LogP contribution >= 0.6 is 24.4 Å². The standard InChI is InChI=1S/C5H9NO3S.C2H6S/c1-3(7)6-4(2-10)5(8)9;1-3-2/h4,10H,2H2,1H3,(H,6,7)(H,8,9);1-2H3/t4-;/m0./s1. The lowest BCUT2D eigenvalue weighted by Gasteiger charge is -2.08. The summed E-state index contributed by atoms with van der Waals surface area (Å²) in [6.45, 7) is 1.26. The number of hydrogen-bond donors (Lipinski definition) is 3. The second-order valence-corrected chi connectivity index (χ2v) is 3.36. The molecule has 0 aliphatic rings. The van der Waals surface area contributed by atoms with Crippen molar-refractivity contribution in [2.75, 3.05) is 18.3 Å². The minimum atomic E-state index is -1.06. The maximum Gasteiger partial charge on any atom is 0.327 e. The zero-order valence-electron chi connectivity index (χ0n) is 7.90. The van der Waals surface area contributed by atoms with Crippen LogP contribution in [0.15, 0.2) is 0 Å². The van der Waals surface area contributed by atoms with E-state index in [-0.39, 0.29) is 11.7 Å². The summed E-state index contributed by atoms with van der Waals surface area (Å²) in [4.78, 5) is 20.5. The van der Waals surface area contributed by atoms with Crippen molar-refractivity contribution < 1.29 is 14.7 Å². The van der Waals surface area contributed by atoms with E-state index in [1.165, 1.54) is 6.92 Å². The van der Waals surface area contributed by atoms with Gasteiger partial charge in [-0.15, -0.1) is 0 Å². The molecule has 0 fully saturated rings. The summed E-state index contributed by atoms with van der Waals surface area (Å²) >= 11 is 5.48. The molecule has 1 amide bonds. The van der Waals surface area contributed by atoms with Crippen LogP contribution in [0.25, 0.3) is 0 Å². The Bertz CT molecular complexity index is 164. The molecule has 0 saturated heterocycles. The molecular formula is C7H15NO3S2. The Hall–Kier alpha value is -0.360. The molecule has 4 nitrogen and oxygen atoms in total. The smallest absolute Gasteiger partial charge is 0.327 e. The van der Waals surface area contributed by atoms with Crippen LogP contribution in [0.2, 0.25) is 0 Å². The molecule has 0 aliphatic heterocycles. The van der Waals surface area contributed by atoms with Gasteiger partial charge in [-0.2, -0.15) is 24.4 Å². The lowest BCUT2D eigenvalue weighted by atomic mass is 10.3. The molecule has 0 unspecified atom stereocenters. The molecule has 0 spiro atoms. The van der Waals surface area contributed by atoms with Crippen LogP contribution in [0.3, 0.4) is 0 Å². The fourth-order valence-electron chi connectivity index (χ4n) is 0.431. The van der Waals surface area contributed by atoms with Gasteiger partial charge in [0.05, 0.1) is 0 Å². The third kappa shape index (κ3) is 11.6. The maximum absolute atomic E-state index is 10.3. The van der Waals surface area contributed by atoms with Gasteiger partial charge < -0.3 is 10.4 Å². The molecule has 0 aliphatic carbocycles. The van der Waals surface area contributed by atoms with Gasteiger partial charge in [0.25, 0.3) is 0 Å². The third-order valence-electron chi connectivity index (χ3n) is 0.858. The van der Waals surface area contributed by atoms with E-state index in [1.54, 1.807) is 11.8 Å². The lowest BCUT2D eigenvalue weighted by Crippen LogP contribution is -2.40. The Morgan fingerprint density at radius 1 is 1.54 bits per heavy atom. The number of carboxylic acid groups (broad SMARTS) is 1. The topological polar surface area (TPSA) is 66.4 Å². The molecule has 0 rings (SSSR count). The highest BCUT2D eigenvalue weighted by Crippen LogP contribution is 1.86. The van der Waals surface area contributed by atoms with E-state index in [4.69, 9.17) is 5.11 Å². The molecular weight excluding hydrogens is 210 g/mol. The van der Waals surface area contributed by atoms with E-state index >= 15 is 0 Å². The predicted molar refractivity (Wildman–Crippen MR) is 58.5 cm³/mol. The normalized spacial score (nSPS) is 10.8. The molecule has 1 atom stereocenters. The molecule has 0 aromatic carbocycles. The Balaban J connectivity index is 0. The average Bonchev–Trinajstić information content (AvgIpc) is 2.00. The maximum atomic E-state index is 10.3. The van der Waals surface area contributed by atoms with Crippen LogP contribution in [-0.2, 0) is 9.59 Å². The Kier molecular flexibility index (Phi) is 11.3. The van der Waals surface area contributed by atoms with Crippen LogP contribution in [0.1, 0.15) is 6.92 Å². The van der Waals surface area contributed by atoms with Crippen molar-refractivity contribution in [2.45, 2.75) is 13.0 Å². The van der Waals surface area contributed by atoms with Crippen LogP contribution in [0.5, 0.6) is 0 Å². The SMILES string of the molecule is CC(=O)N[C@@H](CS)C(=O)O.CSC. The zero-order valence-corrected chi connectivity index (χ0v) is 9.61. The Labute approximate surface area is 87.9 Å². The van der Waals surface area contributed by atoms with Crippen LogP contribution in [0.4, 0.5) is 0 Å². The average molecular weight is 225 g/mol. The first-order valence-corrected chi connectivity index (χ1v) is 5.77. The fourth-order valence-corrected chi connectivity index (χ4v) is 0.678. The van der Waals surface area contributed by atoms with Gasteiger partial charge in [0.2, 0.25) is 5.91 Å². The van der Waals surface area contributed by atoms with Gasteiger partial charge in [-0.05, 0) is 12.5 Å². The molecule has 78 valence electrons. The molecule has 2 N–H and O–H groups in total. The highest BCUT2D eigenvalue weighted by molar-refractivity contribution is 7.97. The molecule has 6 heteroatoms. The molecule has 0 aromatic rings. The van der Waals surface area contributed by atoms with Gasteiger partial charge in [0.15, 0.2) is 0 Å². The van der Waals surface area contributed by atoms with Crippen molar-refractivity contribution in [3.8, 4) is 0 Å². The number of hydrogen-bond acceptors (Lipinski definition) is 4. The van der Waals surface area contributed by atoms with Crippen LogP contribution in [0, 0.1) is 0 Å². The predicted octanol–water partition coefficient (Wildman–Crippen LogP) is 0.485. The first kappa shape index (κ1) is 15.1. The van der Waals surface area contributed by atoms with Crippen molar-refractivity contribution >= 4 is 36.3 Å². The quantitative estimate of drug-likeness (QED) is 0.611. The number of thioether (sulfide) groups is 1. The molecule has 0 radical (unpaired) electrons. The van der Waals surface area contributed by atoms with E-state index in [2.05, 4.69) is 17.9 Å². The van der Waals surface area contributed by atoms with E-state index in [0.29, 0.717) is 0 Å². The monoisotopic (exact) mass is 225 g/mol. The van der Waals surface area contributed by atoms with Crippen molar-refractivity contribution in [1.82, 2.24) is 5.32 Å². The van der Waals surface area contributed by atoms with Crippen molar-refractivity contribution in [2.24, 2.45) is 0 Å². The number of carboxylic acids is 1. The van der Waals surface area contributed by atoms with Crippen LogP contribution in [-0.4, -0.2) is 41.3 Å². The summed E-state index contributed by atoms with van der Waals surface area (Å²) in [6.07, 6.45) is 4.08. The number of aliphatic carboxylic acids is 1. The molecule has 0 bridgehead atoms. The second kappa shape index (κ2) is 9.73. The van der Waals surface area contributed by atoms with Gasteiger partial charge in [-0.25, -0.2) is 4.79 Å². The highest BCUT2D eigenvalue weighted by atomic mass is 32.2. The summed E-state index contributed by atoms with van der Waals surface area (Å²) in [6, 6.07) is -0.874. The summed E-state index contributed by atoms with van der Waals surface area (Å²) in [7, 11) is 0. The summed E-state index contributed by atoms with van der Waals surface area (Å²) < 4.78 is 0. The van der Waals surface area contributed by atoms with Crippen molar-refractivity contribution in [3.05, 3.63) is 0 Å². The largest absolute Gasteiger partial charge is 0.480 e. The van der Waals surface area contributed by atoms with Gasteiger partial charge in [-0.3, -0.25) is 4.79 Å². The number of rotatable bonds is 3. The van der Waals surface area contributed by atoms with E-state index in [9.17, 15) is 9.59 Å². The third-order valence-corrected chi connectivity index (χ3v) is 1.22. The van der Waals surface area contributed by atoms with E-state index in [1.807, 2.05) is 12.5 Å². The van der Waals surface area contributed by atoms with Crippen molar-refractivity contribution in [1.29, 1.82) is 0 Å². The molecule has 0 heterocycles. The first-order valence-electron chi connectivity index (χ1n) is 3.50. The minimum Gasteiger partial charge on any atom is -0.480 e.